The smallest absolute Gasteiger partial charge is 0.264 e. The minimum atomic E-state index is -3.85. The number of carbonyl (C=O) groups excluding carboxylic acids is 2. The topological polar surface area (TPSA) is 134 Å². The summed E-state index contributed by atoms with van der Waals surface area (Å²) in [5.41, 5.74) is 7.42. The van der Waals surface area contributed by atoms with Crippen LogP contribution in [0.15, 0.2) is 42.6 Å². The number of aromatic nitrogens is 3. The lowest BCUT2D eigenvalue weighted by Gasteiger charge is -2.40. The molecule has 2 unspecified atom stereocenters. The van der Waals surface area contributed by atoms with Gasteiger partial charge >= 0.3 is 0 Å². The van der Waals surface area contributed by atoms with E-state index in [1.165, 1.54) is 12.0 Å². The normalized spacial score (nSPS) is 19.3. The summed E-state index contributed by atoms with van der Waals surface area (Å²) < 4.78 is 49.2. The minimum Gasteiger partial charge on any atom is -0.497 e. The lowest BCUT2D eigenvalue weighted by molar-refractivity contribution is -0.0508. The molecule has 2 atom stereocenters. The van der Waals surface area contributed by atoms with Crippen LogP contribution in [0.5, 0.6) is 5.75 Å². The first kappa shape index (κ1) is 38.8. The third kappa shape index (κ3) is 7.22. The molecule has 4 aromatic rings. The van der Waals surface area contributed by atoms with Crippen molar-refractivity contribution < 1.29 is 32.2 Å². The molecule has 2 aromatic carbocycles. The molecule has 1 saturated carbocycles. The van der Waals surface area contributed by atoms with Crippen LogP contribution in [0, 0.1) is 0 Å². The molecule has 2 aromatic heterocycles. The molecule has 1 aliphatic carbocycles. The van der Waals surface area contributed by atoms with Crippen LogP contribution in [0.2, 0.25) is 0 Å². The van der Waals surface area contributed by atoms with E-state index in [0.29, 0.717) is 43.6 Å². The van der Waals surface area contributed by atoms with Gasteiger partial charge in [-0.3, -0.25) is 14.3 Å². The van der Waals surface area contributed by atoms with E-state index in [9.17, 15) is 18.0 Å². The number of methoxy groups -OCH3 is 2. The van der Waals surface area contributed by atoms with E-state index in [2.05, 4.69) is 35.3 Å². The summed E-state index contributed by atoms with van der Waals surface area (Å²) in [6, 6.07) is 11.1. The average Bonchev–Trinajstić information content (AvgIpc) is 3.70. The maximum Gasteiger partial charge on any atom is 0.264 e. The Morgan fingerprint density at radius 1 is 1.00 bits per heavy atom. The Balaban J connectivity index is 1.47. The second-order valence-corrected chi connectivity index (χ2v) is 18.0. The van der Waals surface area contributed by atoms with E-state index in [0.717, 1.165) is 64.7 Å². The molecular weight excluding hydrogens is 719 g/mol. The van der Waals surface area contributed by atoms with Gasteiger partial charge in [-0.15, -0.1) is 0 Å². The number of amides is 2. The average molecular weight is 772 g/mol. The van der Waals surface area contributed by atoms with E-state index < -0.39 is 21.2 Å². The summed E-state index contributed by atoms with van der Waals surface area (Å²) >= 11 is 0. The zero-order valence-electron chi connectivity index (χ0n) is 32.9. The molecule has 13 heteroatoms. The number of nitrogens with zero attached hydrogens (tertiary/aromatic N) is 4. The Kier molecular flexibility index (Phi) is 11.0. The van der Waals surface area contributed by atoms with Gasteiger partial charge in [0.25, 0.3) is 11.8 Å². The number of carbonyl (C=O) groups is 2. The molecule has 294 valence electrons. The zero-order chi connectivity index (χ0) is 39.2. The molecule has 7 rings (SSSR count). The summed E-state index contributed by atoms with van der Waals surface area (Å²) in [4.78, 5) is 30.2. The number of sulfonamides is 1. The molecule has 3 aliphatic rings. The van der Waals surface area contributed by atoms with Gasteiger partial charge in [0, 0.05) is 35.2 Å². The second-order valence-electron chi connectivity index (χ2n) is 15.7. The molecule has 0 bridgehead atoms. The van der Waals surface area contributed by atoms with Crippen LogP contribution < -0.4 is 9.46 Å². The highest BCUT2D eigenvalue weighted by Gasteiger charge is 2.37. The van der Waals surface area contributed by atoms with Gasteiger partial charge in [-0.25, -0.2) is 13.1 Å². The van der Waals surface area contributed by atoms with Crippen LogP contribution in [-0.2, 0) is 26.0 Å². The fourth-order valence-electron chi connectivity index (χ4n) is 8.58. The van der Waals surface area contributed by atoms with Gasteiger partial charge in [0.2, 0.25) is 10.0 Å². The van der Waals surface area contributed by atoms with Crippen molar-refractivity contribution in [2.75, 3.05) is 34.0 Å². The maximum absolute atomic E-state index is 14.8. The van der Waals surface area contributed by atoms with Crippen molar-refractivity contribution in [2.45, 2.75) is 103 Å². The Morgan fingerprint density at radius 3 is 2.45 bits per heavy atom. The number of hydrogen-bond donors (Lipinski definition) is 1. The van der Waals surface area contributed by atoms with E-state index >= 15 is 0 Å². The van der Waals surface area contributed by atoms with Crippen LogP contribution in [0.3, 0.4) is 0 Å². The Bertz CT molecular complexity index is 2240. The van der Waals surface area contributed by atoms with Crippen LogP contribution in [0.25, 0.3) is 33.8 Å². The van der Waals surface area contributed by atoms with E-state index in [1.54, 1.807) is 40.3 Å². The lowest BCUT2D eigenvalue weighted by atomic mass is 9.81. The fourth-order valence-corrected chi connectivity index (χ4v) is 9.20. The predicted octanol–water partition coefficient (Wildman–Crippen LogP) is 7.04. The van der Waals surface area contributed by atoms with Crippen molar-refractivity contribution in [1.82, 2.24) is 24.0 Å². The monoisotopic (exact) mass is 771 g/mol. The van der Waals surface area contributed by atoms with Crippen molar-refractivity contribution >= 4 is 44.4 Å². The Morgan fingerprint density at radius 2 is 1.76 bits per heavy atom. The number of fused-ring (bicyclic) bond motifs is 5. The van der Waals surface area contributed by atoms with Crippen molar-refractivity contribution in [3.63, 3.8) is 0 Å². The molecule has 4 heterocycles. The minimum absolute atomic E-state index is 0.0701. The van der Waals surface area contributed by atoms with Gasteiger partial charge < -0.3 is 23.7 Å². The summed E-state index contributed by atoms with van der Waals surface area (Å²) in [6.45, 7) is 10.7. The van der Waals surface area contributed by atoms with Crippen LogP contribution in [0.4, 0.5) is 0 Å². The first-order chi connectivity index (χ1) is 26.3. The van der Waals surface area contributed by atoms with E-state index in [-0.39, 0.29) is 29.6 Å². The molecular formula is C42H53N5O7S. The molecule has 2 aliphatic heterocycles. The molecule has 1 N–H and O–H groups in total. The van der Waals surface area contributed by atoms with Gasteiger partial charge in [-0.1, -0.05) is 25.3 Å². The number of hydrogen-bond acceptors (Lipinski definition) is 8. The molecule has 0 radical (unpaired) electrons. The third-order valence-electron chi connectivity index (χ3n) is 11.4. The van der Waals surface area contributed by atoms with Gasteiger partial charge in [-0.05, 0) is 106 Å². The standard InChI is InChI=1S/C42H53N5O7S/c1-25(2)47-39(36(20-43-47)42(49)46-27(5)22-54-24-32(46)23-52-6)31-17-30-18-33(53-7)14-16-34(30)40-38(28-11-9-8-10-12-28)35-15-13-29(19-37(35)45(40)21-31)41(48)44-55(50,51)26(3)4/h13-20,25-28,32H,8-12,21-24H2,1-7H3,(H,44,48). The first-order valence-corrected chi connectivity index (χ1v) is 21.0. The first-order valence-electron chi connectivity index (χ1n) is 19.4. The molecule has 55 heavy (non-hydrogen) atoms. The summed E-state index contributed by atoms with van der Waals surface area (Å²) in [5, 5.41) is 5.09. The number of allylic oxidation sites excluding steroid dienone is 1. The number of morpholine rings is 1. The number of nitrogens with one attached hydrogen (secondary N) is 1. The van der Waals surface area contributed by atoms with Crippen molar-refractivity contribution in [2.24, 2.45) is 0 Å². The molecule has 12 nitrogen and oxygen atoms in total. The third-order valence-corrected chi connectivity index (χ3v) is 13.1. The van der Waals surface area contributed by atoms with Gasteiger partial charge in [0.1, 0.15) is 5.75 Å². The van der Waals surface area contributed by atoms with E-state index in [1.807, 2.05) is 40.8 Å². The quantitative estimate of drug-likeness (QED) is 0.182. The number of rotatable bonds is 10. The Labute approximate surface area is 323 Å². The zero-order valence-corrected chi connectivity index (χ0v) is 33.7. The SMILES string of the molecule is COCC1COCC(C)N1C(=O)c1cnn(C(C)C)c1C1=Cc2cc(OC)ccc2-c2c(C3CCCCC3)c3ccc(C(=O)NS(=O)(=O)C(C)C)cc3n2C1. The maximum atomic E-state index is 14.8. The van der Waals surface area contributed by atoms with Crippen molar-refractivity contribution in [3.05, 3.63) is 70.5 Å². The highest BCUT2D eigenvalue weighted by atomic mass is 32.2. The summed E-state index contributed by atoms with van der Waals surface area (Å²) in [5.74, 6) is 0.197. The molecule has 2 amide bonds. The number of ether oxygens (including phenoxy) is 3. The van der Waals surface area contributed by atoms with Gasteiger partial charge in [0.05, 0.1) is 74.0 Å². The number of benzene rings is 2. The summed E-state index contributed by atoms with van der Waals surface area (Å²) in [6.07, 6.45) is 9.38. The summed E-state index contributed by atoms with van der Waals surface area (Å²) in [7, 11) is -0.568. The fraction of sp³-hybridized carbons (Fsp3) is 0.500. The van der Waals surface area contributed by atoms with Crippen LogP contribution in [-0.4, -0.2) is 90.9 Å². The molecule has 1 saturated heterocycles. The van der Waals surface area contributed by atoms with Crippen molar-refractivity contribution in [3.8, 4) is 17.0 Å². The highest BCUT2D eigenvalue weighted by molar-refractivity contribution is 7.90. The predicted molar refractivity (Wildman–Crippen MR) is 214 cm³/mol. The highest BCUT2D eigenvalue weighted by Crippen LogP contribution is 2.48. The van der Waals surface area contributed by atoms with E-state index in [4.69, 9.17) is 19.3 Å². The lowest BCUT2D eigenvalue weighted by Crippen LogP contribution is -2.55. The Hall–Kier alpha value is -4.46. The van der Waals surface area contributed by atoms with Gasteiger partial charge in [-0.2, -0.15) is 5.10 Å². The van der Waals surface area contributed by atoms with Crippen LogP contribution >= 0.6 is 0 Å². The largest absolute Gasteiger partial charge is 0.497 e. The van der Waals surface area contributed by atoms with Crippen LogP contribution in [0.1, 0.15) is 116 Å². The second kappa shape index (κ2) is 15.6. The van der Waals surface area contributed by atoms with Crippen molar-refractivity contribution in [1.29, 1.82) is 0 Å². The van der Waals surface area contributed by atoms with Gasteiger partial charge in [0.15, 0.2) is 0 Å². The molecule has 2 fully saturated rings. The molecule has 0 spiro atoms.